The van der Waals surface area contributed by atoms with E-state index in [1.807, 2.05) is 18.2 Å². The Morgan fingerprint density at radius 3 is 2.88 bits per heavy atom. The zero-order valence-corrected chi connectivity index (χ0v) is 10.2. The van der Waals surface area contributed by atoms with Gasteiger partial charge in [-0.2, -0.15) is 0 Å². The Labute approximate surface area is 103 Å². The first-order valence-electron chi connectivity index (χ1n) is 6.36. The highest BCUT2D eigenvalue weighted by atomic mass is 16.5. The Bertz CT molecular complexity index is 315. The van der Waals surface area contributed by atoms with E-state index in [-0.39, 0.29) is 6.61 Å². The third-order valence-electron chi connectivity index (χ3n) is 3.34. The van der Waals surface area contributed by atoms with Gasteiger partial charge in [-0.3, -0.25) is 4.90 Å². The Morgan fingerprint density at radius 2 is 2.12 bits per heavy atom. The van der Waals surface area contributed by atoms with E-state index in [9.17, 15) is 5.11 Å². The zero-order valence-electron chi connectivity index (χ0n) is 10.2. The summed E-state index contributed by atoms with van der Waals surface area (Å²) in [4.78, 5) is 2.32. The van der Waals surface area contributed by atoms with Crippen LogP contribution in [0.3, 0.4) is 0 Å². The normalized spacial score (nSPS) is 20.9. The van der Waals surface area contributed by atoms with Gasteiger partial charge in [0.15, 0.2) is 0 Å². The molecule has 0 saturated carbocycles. The van der Waals surface area contributed by atoms with Crippen molar-refractivity contribution in [2.75, 3.05) is 26.3 Å². The molecule has 0 spiro atoms. The second-order valence-corrected chi connectivity index (χ2v) is 4.55. The van der Waals surface area contributed by atoms with Gasteiger partial charge in [-0.15, -0.1) is 0 Å². The predicted molar refractivity (Wildman–Crippen MR) is 67.8 cm³/mol. The molecule has 1 aromatic rings. The zero-order chi connectivity index (χ0) is 11.9. The molecule has 1 atom stereocenters. The lowest BCUT2D eigenvalue weighted by atomic mass is 10.2. The van der Waals surface area contributed by atoms with E-state index in [1.165, 1.54) is 12.0 Å². The van der Waals surface area contributed by atoms with Crippen LogP contribution >= 0.6 is 0 Å². The fraction of sp³-hybridized carbons (Fsp3) is 0.571. The fourth-order valence-electron chi connectivity index (χ4n) is 2.34. The van der Waals surface area contributed by atoms with Crippen molar-refractivity contribution >= 4 is 0 Å². The number of hydrogen-bond acceptors (Lipinski definition) is 3. The summed E-state index contributed by atoms with van der Waals surface area (Å²) < 4.78 is 5.65. The molecule has 0 aromatic heterocycles. The van der Waals surface area contributed by atoms with Crippen molar-refractivity contribution in [1.29, 1.82) is 0 Å². The fourth-order valence-corrected chi connectivity index (χ4v) is 2.34. The van der Waals surface area contributed by atoms with Crippen LogP contribution in [0, 0.1) is 0 Å². The van der Waals surface area contributed by atoms with Crippen LogP contribution in [0.5, 0.6) is 0 Å². The molecule has 3 nitrogen and oxygen atoms in total. The van der Waals surface area contributed by atoms with Gasteiger partial charge in [0.2, 0.25) is 0 Å². The Balaban J connectivity index is 1.63. The quantitative estimate of drug-likeness (QED) is 0.761. The van der Waals surface area contributed by atoms with Crippen molar-refractivity contribution in [3.05, 3.63) is 35.9 Å². The molecule has 1 N–H and O–H groups in total. The maximum Gasteiger partial charge on any atom is 0.0717 e. The second-order valence-electron chi connectivity index (χ2n) is 4.55. The van der Waals surface area contributed by atoms with Gasteiger partial charge in [0.25, 0.3) is 0 Å². The van der Waals surface area contributed by atoms with E-state index in [1.54, 1.807) is 0 Å². The van der Waals surface area contributed by atoms with Gasteiger partial charge in [-0.1, -0.05) is 30.3 Å². The first-order valence-corrected chi connectivity index (χ1v) is 6.36. The summed E-state index contributed by atoms with van der Waals surface area (Å²) in [5, 5.41) is 9.19. The third-order valence-corrected chi connectivity index (χ3v) is 3.34. The number of aliphatic hydroxyl groups excluding tert-OH is 1. The molecule has 0 unspecified atom stereocenters. The Hall–Kier alpha value is -0.900. The largest absolute Gasteiger partial charge is 0.395 e. The summed E-state index contributed by atoms with van der Waals surface area (Å²) in [5.74, 6) is 0. The van der Waals surface area contributed by atoms with E-state index in [4.69, 9.17) is 4.74 Å². The summed E-state index contributed by atoms with van der Waals surface area (Å²) >= 11 is 0. The lowest BCUT2D eigenvalue weighted by Gasteiger charge is -2.22. The highest BCUT2D eigenvalue weighted by molar-refractivity contribution is 5.13. The molecular formula is C14H21NO2. The molecular weight excluding hydrogens is 214 g/mol. The smallest absolute Gasteiger partial charge is 0.0717 e. The molecule has 1 heterocycles. The summed E-state index contributed by atoms with van der Waals surface area (Å²) in [6.45, 7) is 3.72. The average molecular weight is 235 g/mol. The van der Waals surface area contributed by atoms with Gasteiger partial charge >= 0.3 is 0 Å². The standard InChI is InChI=1S/C14H21NO2/c16-11-14-7-4-8-15(14)9-10-17-12-13-5-2-1-3-6-13/h1-3,5-6,14,16H,4,7-12H2/t14-/m0/s1. The molecule has 0 amide bonds. The number of aliphatic hydroxyl groups is 1. The monoisotopic (exact) mass is 235 g/mol. The second kappa shape index (κ2) is 6.74. The maximum absolute atomic E-state index is 9.19. The van der Waals surface area contributed by atoms with Crippen LogP contribution in [0.4, 0.5) is 0 Å². The van der Waals surface area contributed by atoms with Gasteiger partial charge in [0, 0.05) is 12.6 Å². The van der Waals surface area contributed by atoms with Crippen LogP contribution in [0.2, 0.25) is 0 Å². The highest BCUT2D eigenvalue weighted by Gasteiger charge is 2.22. The summed E-state index contributed by atoms with van der Waals surface area (Å²) in [5.41, 5.74) is 1.22. The number of hydrogen-bond donors (Lipinski definition) is 1. The first-order chi connectivity index (χ1) is 8.40. The van der Waals surface area contributed by atoms with Gasteiger partial charge < -0.3 is 9.84 Å². The van der Waals surface area contributed by atoms with Crippen LogP contribution in [-0.2, 0) is 11.3 Å². The molecule has 1 aromatic carbocycles. The van der Waals surface area contributed by atoms with Gasteiger partial charge in [0.05, 0.1) is 19.8 Å². The van der Waals surface area contributed by atoms with Crippen LogP contribution in [-0.4, -0.2) is 42.4 Å². The molecule has 1 fully saturated rings. The van der Waals surface area contributed by atoms with E-state index in [2.05, 4.69) is 17.0 Å². The van der Waals surface area contributed by atoms with Crippen LogP contribution in [0.15, 0.2) is 30.3 Å². The lowest BCUT2D eigenvalue weighted by molar-refractivity contribution is 0.0768. The molecule has 0 aliphatic carbocycles. The number of ether oxygens (including phenoxy) is 1. The van der Waals surface area contributed by atoms with Crippen LogP contribution in [0.1, 0.15) is 18.4 Å². The van der Waals surface area contributed by atoms with E-state index in [0.29, 0.717) is 12.6 Å². The SMILES string of the molecule is OC[C@@H]1CCCN1CCOCc1ccccc1. The minimum Gasteiger partial charge on any atom is -0.395 e. The lowest BCUT2D eigenvalue weighted by Crippen LogP contribution is -2.34. The molecule has 0 bridgehead atoms. The number of rotatable bonds is 6. The summed E-state index contributed by atoms with van der Waals surface area (Å²) in [6.07, 6.45) is 2.32. The molecule has 1 saturated heterocycles. The Kier molecular flexibility index (Phi) is 4.98. The molecule has 2 rings (SSSR count). The number of likely N-dealkylation sites (tertiary alicyclic amines) is 1. The molecule has 17 heavy (non-hydrogen) atoms. The van der Waals surface area contributed by atoms with E-state index < -0.39 is 0 Å². The van der Waals surface area contributed by atoms with Crippen molar-refractivity contribution in [2.24, 2.45) is 0 Å². The predicted octanol–water partition coefficient (Wildman–Crippen LogP) is 1.66. The van der Waals surface area contributed by atoms with Gasteiger partial charge in [0.1, 0.15) is 0 Å². The molecule has 1 aliphatic rings. The average Bonchev–Trinajstić information content (AvgIpc) is 2.83. The molecule has 94 valence electrons. The van der Waals surface area contributed by atoms with Gasteiger partial charge in [-0.05, 0) is 24.9 Å². The van der Waals surface area contributed by atoms with Crippen molar-refractivity contribution in [1.82, 2.24) is 4.90 Å². The Morgan fingerprint density at radius 1 is 1.29 bits per heavy atom. The van der Waals surface area contributed by atoms with Crippen molar-refractivity contribution in [2.45, 2.75) is 25.5 Å². The topological polar surface area (TPSA) is 32.7 Å². The van der Waals surface area contributed by atoms with Crippen molar-refractivity contribution < 1.29 is 9.84 Å². The molecule has 3 heteroatoms. The maximum atomic E-state index is 9.19. The number of nitrogens with zero attached hydrogens (tertiary/aromatic N) is 1. The third kappa shape index (κ3) is 3.80. The minimum absolute atomic E-state index is 0.276. The minimum atomic E-state index is 0.276. The first kappa shape index (κ1) is 12.6. The summed E-state index contributed by atoms with van der Waals surface area (Å²) in [6, 6.07) is 10.6. The molecule has 1 aliphatic heterocycles. The summed E-state index contributed by atoms with van der Waals surface area (Å²) in [7, 11) is 0. The van der Waals surface area contributed by atoms with Gasteiger partial charge in [-0.25, -0.2) is 0 Å². The van der Waals surface area contributed by atoms with Crippen LogP contribution in [0.25, 0.3) is 0 Å². The molecule has 0 radical (unpaired) electrons. The highest BCUT2D eigenvalue weighted by Crippen LogP contribution is 2.15. The van der Waals surface area contributed by atoms with Crippen molar-refractivity contribution in [3.8, 4) is 0 Å². The van der Waals surface area contributed by atoms with Crippen LogP contribution < -0.4 is 0 Å². The van der Waals surface area contributed by atoms with Crippen molar-refractivity contribution in [3.63, 3.8) is 0 Å². The van der Waals surface area contributed by atoms with E-state index >= 15 is 0 Å². The van der Waals surface area contributed by atoms with E-state index in [0.717, 1.165) is 26.1 Å². The number of benzene rings is 1.